The van der Waals surface area contributed by atoms with E-state index in [2.05, 4.69) is 39.8 Å². The van der Waals surface area contributed by atoms with Crippen LogP contribution in [0.2, 0.25) is 0 Å². The maximum Gasteiger partial charge on any atom is 0.0657 e. The standard InChI is InChI=1S/C13H19N3/c1-14-16(15-9-4-10-15)13-8-7-11-5-2-3-6-12(11)13/h2-3,5-6,13-14H,4,7-10H2,1H3. The smallest absolute Gasteiger partial charge is 0.0657 e. The van der Waals surface area contributed by atoms with E-state index in [0.717, 1.165) is 0 Å². The Morgan fingerprint density at radius 2 is 2.12 bits per heavy atom. The fraction of sp³-hybridized carbons (Fsp3) is 0.538. The predicted octanol–water partition coefficient (Wildman–Crippen LogP) is 1.73. The molecule has 1 aliphatic heterocycles. The molecule has 0 radical (unpaired) electrons. The van der Waals surface area contributed by atoms with Crippen LogP contribution < -0.4 is 5.43 Å². The van der Waals surface area contributed by atoms with Gasteiger partial charge >= 0.3 is 0 Å². The average Bonchev–Trinajstić information content (AvgIpc) is 2.67. The van der Waals surface area contributed by atoms with Gasteiger partial charge in [-0.2, -0.15) is 5.12 Å². The van der Waals surface area contributed by atoms with Crippen LogP contribution in [0.4, 0.5) is 0 Å². The first-order chi connectivity index (χ1) is 7.90. The van der Waals surface area contributed by atoms with Crippen LogP contribution in [0.25, 0.3) is 0 Å². The zero-order chi connectivity index (χ0) is 11.0. The number of hydrazine groups is 2. The topological polar surface area (TPSA) is 18.5 Å². The minimum atomic E-state index is 0.529. The van der Waals surface area contributed by atoms with Gasteiger partial charge in [-0.05, 0) is 30.4 Å². The monoisotopic (exact) mass is 217 g/mol. The normalized spacial score (nSPS) is 24.5. The van der Waals surface area contributed by atoms with Gasteiger partial charge in [0.05, 0.1) is 6.04 Å². The van der Waals surface area contributed by atoms with Crippen molar-refractivity contribution < 1.29 is 0 Å². The van der Waals surface area contributed by atoms with E-state index in [9.17, 15) is 0 Å². The van der Waals surface area contributed by atoms with Crippen molar-refractivity contribution in [3.05, 3.63) is 35.4 Å². The van der Waals surface area contributed by atoms with Crippen LogP contribution in [0.1, 0.15) is 30.0 Å². The van der Waals surface area contributed by atoms with Gasteiger partial charge in [0.15, 0.2) is 0 Å². The Hall–Kier alpha value is -0.900. The number of nitrogens with zero attached hydrogens (tertiary/aromatic N) is 2. The van der Waals surface area contributed by atoms with E-state index in [-0.39, 0.29) is 0 Å². The summed E-state index contributed by atoms with van der Waals surface area (Å²) in [5.74, 6) is 0. The van der Waals surface area contributed by atoms with Crippen molar-refractivity contribution in [1.29, 1.82) is 0 Å². The molecule has 1 atom stereocenters. The molecule has 1 fully saturated rings. The summed E-state index contributed by atoms with van der Waals surface area (Å²) in [7, 11) is 2.03. The zero-order valence-electron chi connectivity index (χ0n) is 9.82. The summed E-state index contributed by atoms with van der Waals surface area (Å²) in [6.07, 6.45) is 3.77. The Balaban J connectivity index is 1.84. The third kappa shape index (κ3) is 1.56. The van der Waals surface area contributed by atoms with Crippen molar-refractivity contribution in [2.24, 2.45) is 0 Å². The SMILES string of the molecule is CNN(C1CCc2ccccc21)N1CCC1. The van der Waals surface area contributed by atoms with Gasteiger partial charge < -0.3 is 0 Å². The highest BCUT2D eigenvalue weighted by molar-refractivity contribution is 5.34. The minimum absolute atomic E-state index is 0.529. The van der Waals surface area contributed by atoms with Crippen molar-refractivity contribution in [3.63, 3.8) is 0 Å². The second-order valence-corrected chi connectivity index (χ2v) is 4.63. The van der Waals surface area contributed by atoms with E-state index >= 15 is 0 Å². The third-order valence-electron chi connectivity index (χ3n) is 3.76. The second kappa shape index (κ2) is 4.17. The average molecular weight is 217 g/mol. The molecule has 1 aromatic rings. The van der Waals surface area contributed by atoms with Crippen molar-refractivity contribution >= 4 is 0 Å². The van der Waals surface area contributed by atoms with E-state index in [1.54, 1.807) is 0 Å². The van der Waals surface area contributed by atoms with Crippen molar-refractivity contribution in [2.45, 2.75) is 25.3 Å². The van der Waals surface area contributed by atoms with E-state index in [1.165, 1.54) is 43.5 Å². The maximum absolute atomic E-state index is 3.35. The molecular formula is C13H19N3. The lowest BCUT2D eigenvalue weighted by Gasteiger charge is -2.43. The number of hydrogen-bond acceptors (Lipinski definition) is 3. The van der Waals surface area contributed by atoms with E-state index in [4.69, 9.17) is 0 Å². The van der Waals surface area contributed by atoms with E-state index in [0.29, 0.717) is 6.04 Å². The van der Waals surface area contributed by atoms with Crippen molar-refractivity contribution in [3.8, 4) is 0 Å². The molecule has 1 N–H and O–H groups in total. The molecule has 0 bridgehead atoms. The van der Waals surface area contributed by atoms with Gasteiger partial charge in [-0.1, -0.05) is 24.3 Å². The molecule has 3 rings (SSSR count). The zero-order valence-corrected chi connectivity index (χ0v) is 9.82. The van der Waals surface area contributed by atoms with E-state index in [1.807, 2.05) is 7.05 Å². The number of nitrogens with one attached hydrogen (secondary N) is 1. The number of hydrogen-bond donors (Lipinski definition) is 1. The molecule has 0 spiro atoms. The van der Waals surface area contributed by atoms with Crippen LogP contribution in [-0.4, -0.2) is 30.3 Å². The summed E-state index contributed by atoms with van der Waals surface area (Å²) in [6.45, 7) is 2.39. The molecular weight excluding hydrogens is 198 g/mol. The highest BCUT2D eigenvalue weighted by Gasteiger charge is 2.32. The lowest BCUT2D eigenvalue weighted by Crippen LogP contribution is -2.56. The summed E-state index contributed by atoms with van der Waals surface area (Å²) >= 11 is 0. The molecule has 1 aromatic carbocycles. The minimum Gasteiger partial charge on any atom is -0.244 e. The van der Waals surface area contributed by atoms with Crippen molar-refractivity contribution in [2.75, 3.05) is 20.1 Å². The van der Waals surface area contributed by atoms with Crippen molar-refractivity contribution in [1.82, 2.24) is 15.6 Å². The Bertz CT molecular complexity index is 373. The second-order valence-electron chi connectivity index (χ2n) is 4.63. The number of benzene rings is 1. The number of fused-ring (bicyclic) bond motifs is 1. The van der Waals surface area contributed by atoms with Gasteiger partial charge in [-0.3, -0.25) is 0 Å². The molecule has 86 valence electrons. The molecule has 0 aromatic heterocycles. The van der Waals surface area contributed by atoms with Gasteiger partial charge in [-0.25, -0.2) is 10.4 Å². The third-order valence-corrected chi connectivity index (χ3v) is 3.76. The molecule has 16 heavy (non-hydrogen) atoms. The van der Waals surface area contributed by atoms with E-state index < -0.39 is 0 Å². The maximum atomic E-state index is 3.35. The summed E-state index contributed by atoms with van der Waals surface area (Å²) in [5.41, 5.74) is 6.37. The Kier molecular flexibility index (Phi) is 2.67. The van der Waals surface area contributed by atoms with Crippen LogP contribution in [0.3, 0.4) is 0 Å². The van der Waals surface area contributed by atoms with Gasteiger partial charge in [-0.15, -0.1) is 0 Å². The fourth-order valence-corrected chi connectivity index (χ4v) is 2.80. The van der Waals surface area contributed by atoms with Gasteiger partial charge in [0.1, 0.15) is 0 Å². The molecule has 1 aliphatic carbocycles. The Labute approximate surface area is 97.0 Å². The van der Waals surface area contributed by atoms with Gasteiger partial charge in [0.25, 0.3) is 0 Å². The van der Waals surface area contributed by atoms with Crippen LogP contribution in [0.15, 0.2) is 24.3 Å². The molecule has 0 saturated carbocycles. The van der Waals surface area contributed by atoms with Gasteiger partial charge in [0, 0.05) is 20.1 Å². The van der Waals surface area contributed by atoms with Crippen LogP contribution in [0, 0.1) is 0 Å². The highest BCUT2D eigenvalue weighted by Crippen LogP contribution is 2.36. The fourth-order valence-electron chi connectivity index (χ4n) is 2.80. The lowest BCUT2D eigenvalue weighted by molar-refractivity contribution is -0.136. The highest BCUT2D eigenvalue weighted by atomic mass is 15.8. The molecule has 1 saturated heterocycles. The van der Waals surface area contributed by atoms with Crippen LogP contribution in [0.5, 0.6) is 0 Å². The number of rotatable bonds is 3. The molecule has 1 unspecified atom stereocenters. The van der Waals surface area contributed by atoms with Crippen LogP contribution in [-0.2, 0) is 6.42 Å². The summed E-state index contributed by atoms with van der Waals surface area (Å²) in [5, 5.41) is 4.74. The van der Waals surface area contributed by atoms with Gasteiger partial charge in [0.2, 0.25) is 0 Å². The first-order valence-corrected chi connectivity index (χ1v) is 6.19. The summed E-state index contributed by atoms with van der Waals surface area (Å²) < 4.78 is 0. The first-order valence-electron chi connectivity index (χ1n) is 6.19. The molecule has 0 amide bonds. The quantitative estimate of drug-likeness (QED) is 0.778. The first kappa shape index (κ1) is 10.3. The predicted molar refractivity (Wildman–Crippen MR) is 64.6 cm³/mol. The van der Waals surface area contributed by atoms with Crippen LogP contribution >= 0.6 is 0 Å². The lowest BCUT2D eigenvalue weighted by atomic mass is 10.1. The molecule has 3 heteroatoms. The Morgan fingerprint density at radius 1 is 1.31 bits per heavy atom. The molecule has 1 heterocycles. The Morgan fingerprint density at radius 3 is 2.81 bits per heavy atom. The largest absolute Gasteiger partial charge is 0.244 e. The summed E-state index contributed by atoms with van der Waals surface area (Å²) in [6, 6.07) is 9.37. The summed E-state index contributed by atoms with van der Waals surface area (Å²) in [4.78, 5) is 0. The molecule has 2 aliphatic rings. The number of aryl methyl sites for hydroxylation is 1. The molecule has 3 nitrogen and oxygen atoms in total.